The number of rotatable bonds is 1. The summed E-state index contributed by atoms with van der Waals surface area (Å²) in [4.78, 5) is 0. The molecule has 60 valence electrons. The van der Waals surface area contributed by atoms with Gasteiger partial charge in [0, 0.05) is 12.1 Å². The van der Waals surface area contributed by atoms with Crippen molar-refractivity contribution < 1.29 is 0 Å². The molecule has 0 aliphatic heterocycles. The molecule has 5 atom stereocenters. The van der Waals surface area contributed by atoms with Gasteiger partial charge in [-0.1, -0.05) is 13.8 Å². The molecule has 2 nitrogen and oxygen atoms in total. The van der Waals surface area contributed by atoms with Gasteiger partial charge < -0.3 is 11.5 Å². The molecule has 1 rings (SSSR count). The topological polar surface area (TPSA) is 52.0 Å². The Kier molecular flexibility index (Phi) is 2.02. The fourth-order valence-corrected chi connectivity index (χ4v) is 2.09. The first-order valence-electron chi connectivity index (χ1n) is 4.07. The molecule has 0 aromatic heterocycles. The van der Waals surface area contributed by atoms with E-state index in [9.17, 15) is 0 Å². The lowest BCUT2D eigenvalue weighted by molar-refractivity contribution is 0.0482. The molecule has 1 aliphatic carbocycles. The fourth-order valence-electron chi connectivity index (χ4n) is 2.09. The third kappa shape index (κ3) is 0.956. The molecule has 0 bridgehead atoms. The van der Waals surface area contributed by atoms with Crippen molar-refractivity contribution in [1.29, 1.82) is 0 Å². The summed E-state index contributed by atoms with van der Waals surface area (Å²) >= 11 is 0. The molecular weight excluding hydrogens is 124 g/mol. The standard InChI is InChI=1S/C8H18N2/c1-4-5(2)8(10)7(4)6(3)9/h4-8H,9-10H2,1-3H3/t4-,5?,6?,7?,8?/m0/s1. The summed E-state index contributed by atoms with van der Waals surface area (Å²) in [5, 5.41) is 0. The van der Waals surface area contributed by atoms with Crippen LogP contribution in [0.1, 0.15) is 20.8 Å². The van der Waals surface area contributed by atoms with Crippen molar-refractivity contribution >= 4 is 0 Å². The fraction of sp³-hybridized carbons (Fsp3) is 1.00. The molecule has 0 heterocycles. The highest BCUT2D eigenvalue weighted by Gasteiger charge is 2.44. The van der Waals surface area contributed by atoms with Gasteiger partial charge in [-0.3, -0.25) is 0 Å². The van der Waals surface area contributed by atoms with Gasteiger partial charge in [0.2, 0.25) is 0 Å². The lowest BCUT2D eigenvalue weighted by Gasteiger charge is -2.49. The maximum atomic E-state index is 5.88. The maximum Gasteiger partial charge on any atom is 0.0113 e. The van der Waals surface area contributed by atoms with Crippen molar-refractivity contribution in [3.8, 4) is 0 Å². The monoisotopic (exact) mass is 142 g/mol. The largest absolute Gasteiger partial charge is 0.328 e. The highest BCUT2D eigenvalue weighted by molar-refractivity contribution is 4.98. The van der Waals surface area contributed by atoms with Gasteiger partial charge in [-0.15, -0.1) is 0 Å². The highest BCUT2D eigenvalue weighted by Crippen LogP contribution is 2.39. The first kappa shape index (κ1) is 8.02. The highest BCUT2D eigenvalue weighted by atomic mass is 14.8. The summed E-state index contributed by atoms with van der Waals surface area (Å²) in [6, 6.07) is 0.608. The molecule has 0 saturated heterocycles. The van der Waals surface area contributed by atoms with Gasteiger partial charge >= 0.3 is 0 Å². The lowest BCUT2D eigenvalue weighted by Crippen LogP contribution is -2.59. The minimum Gasteiger partial charge on any atom is -0.328 e. The summed E-state index contributed by atoms with van der Waals surface area (Å²) < 4.78 is 0. The van der Waals surface area contributed by atoms with Gasteiger partial charge in [-0.25, -0.2) is 0 Å². The van der Waals surface area contributed by atoms with Gasteiger partial charge in [0.1, 0.15) is 0 Å². The number of hydrogen-bond donors (Lipinski definition) is 2. The predicted molar refractivity (Wildman–Crippen MR) is 43.4 cm³/mol. The Morgan fingerprint density at radius 1 is 1.20 bits per heavy atom. The second-order valence-corrected chi connectivity index (χ2v) is 3.73. The quantitative estimate of drug-likeness (QED) is 0.562. The van der Waals surface area contributed by atoms with Crippen LogP contribution in [-0.4, -0.2) is 12.1 Å². The van der Waals surface area contributed by atoms with Crippen molar-refractivity contribution in [2.75, 3.05) is 0 Å². The predicted octanol–water partition coefficient (Wildman–Crippen LogP) is 0.563. The Labute approximate surface area is 63.0 Å². The van der Waals surface area contributed by atoms with E-state index in [1.54, 1.807) is 0 Å². The summed E-state index contributed by atoms with van der Waals surface area (Å²) in [6.45, 7) is 6.49. The molecular formula is C8H18N2. The Bertz CT molecular complexity index is 112. The Morgan fingerprint density at radius 3 is 1.90 bits per heavy atom. The number of hydrogen-bond acceptors (Lipinski definition) is 2. The molecule has 0 spiro atoms. The third-order valence-electron chi connectivity index (χ3n) is 3.10. The first-order chi connectivity index (χ1) is 4.55. The summed E-state index contributed by atoms with van der Waals surface area (Å²) in [5.41, 5.74) is 11.6. The van der Waals surface area contributed by atoms with E-state index in [4.69, 9.17) is 11.5 Å². The molecule has 0 amide bonds. The van der Waals surface area contributed by atoms with Crippen LogP contribution in [0.2, 0.25) is 0 Å². The van der Waals surface area contributed by atoms with Crippen molar-refractivity contribution in [3.05, 3.63) is 0 Å². The molecule has 0 aromatic carbocycles. The smallest absolute Gasteiger partial charge is 0.0113 e. The molecule has 1 saturated carbocycles. The van der Waals surface area contributed by atoms with E-state index in [1.165, 1.54) is 0 Å². The van der Waals surface area contributed by atoms with Crippen LogP contribution in [0.25, 0.3) is 0 Å². The van der Waals surface area contributed by atoms with Crippen LogP contribution in [0.15, 0.2) is 0 Å². The van der Waals surface area contributed by atoms with Gasteiger partial charge in [-0.2, -0.15) is 0 Å². The van der Waals surface area contributed by atoms with E-state index in [1.807, 2.05) is 6.92 Å². The normalized spacial score (nSPS) is 50.1. The van der Waals surface area contributed by atoms with Crippen LogP contribution in [0.4, 0.5) is 0 Å². The van der Waals surface area contributed by atoms with Crippen LogP contribution in [-0.2, 0) is 0 Å². The van der Waals surface area contributed by atoms with Crippen LogP contribution in [0.5, 0.6) is 0 Å². The van der Waals surface area contributed by atoms with Crippen LogP contribution in [0, 0.1) is 17.8 Å². The first-order valence-corrected chi connectivity index (χ1v) is 4.07. The molecule has 4 unspecified atom stereocenters. The lowest BCUT2D eigenvalue weighted by atomic mass is 9.60. The second-order valence-electron chi connectivity index (χ2n) is 3.73. The molecule has 2 heteroatoms. The summed E-state index contributed by atoms with van der Waals surface area (Å²) in [7, 11) is 0. The summed E-state index contributed by atoms with van der Waals surface area (Å²) in [6.07, 6.45) is 0. The average molecular weight is 142 g/mol. The Hall–Kier alpha value is -0.0800. The molecule has 0 aromatic rings. The van der Waals surface area contributed by atoms with Crippen LogP contribution >= 0.6 is 0 Å². The Morgan fingerprint density at radius 2 is 1.70 bits per heavy atom. The van der Waals surface area contributed by atoms with Crippen LogP contribution < -0.4 is 11.5 Å². The third-order valence-corrected chi connectivity index (χ3v) is 3.10. The average Bonchev–Trinajstić information content (AvgIpc) is 1.87. The van der Waals surface area contributed by atoms with Crippen molar-refractivity contribution in [2.24, 2.45) is 29.2 Å². The maximum absolute atomic E-state index is 5.88. The Balaban J connectivity index is 2.49. The van der Waals surface area contributed by atoms with E-state index in [0.29, 0.717) is 17.9 Å². The van der Waals surface area contributed by atoms with Gasteiger partial charge in [0.15, 0.2) is 0 Å². The molecule has 4 N–H and O–H groups in total. The second kappa shape index (κ2) is 2.51. The van der Waals surface area contributed by atoms with Gasteiger partial charge in [0.05, 0.1) is 0 Å². The molecule has 1 aliphatic rings. The van der Waals surface area contributed by atoms with Crippen molar-refractivity contribution in [3.63, 3.8) is 0 Å². The number of nitrogens with two attached hydrogens (primary N) is 2. The minimum absolute atomic E-state index is 0.265. The van der Waals surface area contributed by atoms with E-state index in [0.717, 1.165) is 5.92 Å². The van der Waals surface area contributed by atoms with E-state index < -0.39 is 0 Å². The zero-order valence-electron chi connectivity index (χ0n) is 7.04. The summed E-state index contributed by atoms with van der Waals surface area (Å²) in [5.74, 6) is 1.93. The molecule has 0 radical (unpaired) electrons. The van der Waals surface area contributed by atoms with E-state index in [-0.39, 0.29) is 6.04 Å². The SMILES string of the molecule is CC(N)C1C(N)C(C)[C@@H]1C. The zero-order chi connectivity index (χ0) is 7.89. The van der Waals surface area contributed by atoms with Gasteiger partial charge in [0.25, 0.3) is 0 Å². The zero-order valence-corrected chi connectivity index (χ0v) is 7.04. The minimum atomic E-state index is 0.265. The van der Waals surface area contributed by atoms with Gasteiger partial charge in [-0.05, 0) is 24.7 Å². The molecule has 1 fully saturated rings. The van der Waals surface area contributed by atoms with Crippen molar-refractivity contribution in [1.82, 2.24) is 0 Å². The van der Waals surface area contributed by atoms with E-state index >= 15 is 0 Å². The molecule has 10 heavy (non-hydrogen) atoms. The van der Waals surface area contributed by atoms with Crippen LogP contribution in [0.3, 0.4) is 0 Å². The van der Waals surface area contributed by atoms with Crippen molar-refractivity contribution in [2.45, 2.75) is 32.9 Å². The van der Waals surface area contributed by atoms with E-state index in [2.05, 4.69) is 13.8 Å².